The van der Waals surface area contributed by atoms with Gasteiger partial charge in [0.1, 0.15) is 0 Å². The van der Waals surface area contributed by atoms with Gasteiger partial charge in [-0.3, -0.25) is 4.79 Å². The van der Waals surface area contributed by atoms with E-state index < -0.39 is 0 Å². The monoisotopic (exact) mass is 324 g/mol. The van der Waals surface area contributed by atoms with Crippen molar-refractivity contribution in [3.8, 4) is 0 Å². The van der Waals surface area contributed by atoms with E-state index in [-0.39, 0.29) is 0 Å². The van der Waals surface area contributed by atoms with Crippen molar-refractivity contribution in [1.29, 1.82) is 0 Å². The van der Waals surface area contributed by atoms with E-state index in [4.69, 9.17) is 0 Å². The molecule has 1 fully saturated rings. The molecule has 1 heterocycles. The Bertz CT molecular complexity index is 399. The molecule has 1 amide bonds. The molecule has 4 heteroatoms. The Morgan fingerprint density at radius 1 is 1.16 bits per heavy atom. The third-order valence-electron chi connectivity index (χ3n) is 3.47. The number of carbonyl (C=O) groups is 1. The zero-order valence-electron chi connectivity index (χ0n) is 11.2. The third-order valence-corrected chi connectivity index (χ3v) is 4.00. The Labute approximate surface area is 123 Å². The summed E-state index contributed by atoms with van der Waals surface area (Å²) in [7, 11) is 0. The van der Waals surface area contributed by atoms with E-state index >= 15 is 0 Å². The minimum absolute atomic E-state index is 0.294. The van der Waals surface area contributed by atoms with E-state index in [1.165, 1.54) is 12.0 Å². The molecule has 104 valence electrons. The van der Waals surface area contributed by atoms with Crippen LogP contribution < -0.4 is 5.32 Å². The molecule has 1 aliphatic rings. The van der Waals surface area contributed by atoms with Gasteiger partial charge in [0.05, 0.1) is 0 Å². The van der Waals surface area contributed by atoms with Gasteiger partial charge in [-0.25, -0.2) is 0 Å². The predicted molar refractivity (Wildman–Crippen MR) is 80.9 cm³/mol. The first-order chi connectivity index (χ1) is 9.25. The Morgan fingerprint density at radius 2 is 1.84 bits per heavy atom. The zero-order chi connectivity index (χ0) is 13.5. The van der Waals surface area contributed by atoms with Crippen molar-refractivity contribution in [2.45, 2.75) is 32.2 Å². The summed E-state index contributed by atoms with van der Waals surface area (Å²) in [5.41, 5.74) is 1.24. The van der Waals surface area contributed by atoms with Crippen LogP contribution in [0.4, 0.5) is 0 Å². The predicted octanol–water partition coefficient (Wildman–Crippen LogP) is 2.94. The summed E-state index contributed by atoms with van der Waals surface area (Å²) < 4.78 is 1.09. The van der Waals surface area contributed by atoms with Gasteiger partial charge in [0.2, 0.25) is 5.91 Å². The lowest BCUT2D eigenvalue weighted by molar-refractivity contribution is -0.131. The maximum absolute atomic E-state index is 11.9. The standard InChI is InChI=1S/C15H21BrN2O/c16-14-6-4-13(5-7-14)12-17-9-8-15(19)18-10-2-1-3-11-18/h4-7,17H,1-3,8-12H2. The Morgan fingerprint density at radius 3 is 2.53 bits per heavy atom. The van der Waals surface area contributed by atoms with Crippen LogP contribution in [0.1, 0.15) is 31.2 Å². The molecular weight excluding hydrogens is 304 g/mol. The maximum Gasteiger partial charge on any atom is 0.223 e. The smallest absolute Gasteiger partial charge is 0.223 e. The van der Waals surface area contributed by atoms with Gasteiger partial charge in [-0.2, -0.15) is 0 Å². The van der Waals surface area contributed by atoms with Crippen molar-refractivity contribution in [3.05, 3.63) is 34.3 Å². The topological polar surface area (TPSA) is 32.3 Å². The molecule has 0 spiro atoms. The summed E-state index contributed by atoms with van der Waals surface area (Å²) >= 11 is 3.42. The van der Waals surface area contributed by atoms with E-state index in [0.717, 1.165) is 43.5 Å². The molecule has 3 nitrogen and oxygen atoms in total. The molecule has 0 saturated carbocycles. The molecule has 1 aliphatic heterocycles. The first-order valence-electron chi connectivity index (χ1n) is 6.98. The van der Waals surface area contributed by atoms with Crippen LogP contribution >= 0.6 is 15.9 Å². The largest absolute Gasteiger partial charge is 0.343 e. The molecule has 0 unspecified atom stereocenters. The highest BCUT2D eigenvalue weighted by atomic mass is 79.9. The number of amides is 1. The molecule has 0 aromatic heterocycles. The van der Waals surface area contributed by atoms with Crippen LogP contribution in [0, 0.1) is 0 Å². The van der Waals surface area contributed by atoms with Gasteiger partial charge in [-0.1, -0.05) is 28.1 Å². The normalized spacial score (nSPS) is 15.5. The van der Waals surface area contributed by atoms with Crippen LogP contribution in [0.15, 0.2) is 28.7 Å². The van der Waals surface area contributed by atoms with E-state index in [9.17, 15) is 4.79 Å². The molecule has 1 aromatic rings. The van der Waals surface area contributed by atoms with Crippen molar-refractivity contribution in [3.63, 3.8) is 0 Å². The van der Waals surface area contributed by atoms with E-state index in [1.54, 1.807) is 0 Å². The molecule has 2 rings (SSSR count). The Kier molecular flexibility index (Phi) is 5.86. The van der Waals surface area contributed by atoms with Crippen LogP contribution in [-0.2, 0) is 11.3 Å². The van der Waals surface area contributed by atoms with Crippen molar-refractivity contribution >= 4 is 21.8 Å². The van der Waals surface area contributed by atoms with Crippen molar-refractivity contribution in [1.82, 2.24) is 10.2 Å². The number of halogens is 1. The summed E-state index contributed by atoms with van der Waals surface area (Å²) in [6.45, 7) is 3.48. The molecular formula is C15H21BrN2O. The number of carbonyl (C=O) groups excluding carboxylic acids is 1. The Balaban J connectivity index is 1.63. The number of nitrogens with zero attached hydrogens (tertiary/aromatic N) is 1. The van der Waals surface area contributed by atoms with E-state index in [0.29, 0.717) is 12.3 Å². The first kappa shape index (κ1) is 14.5. The lowest BCUT2D eigenvalue weighted by Crippen LogP contribution is -2.37. The number of hydrogen-bond donors (Lipinski definition) is 1. The van der Waals surface area contributed by atoms with E-state index in [1.807, 2.05) is 17.0 Å². The minimum Gasteiger partial charge on any atom is -0.343 e. The van der Waals surface area contributed by atoms with Crippen molar-refractivity contribution < 1.29 is 4.79 Å². The van der Waals surface area contributed by atoms with Gasteiger partial charge in [-0.05, 0) is 37.0 Å². The zero-order valence-corrected chi connectivity index (χ0v) is 12.8. The Hall–Kier alpha value is -0.870. The molecule has 0 aliphatic carbocycles. The molecule has 19 heavy (non-hydrogen) atoms. The quantitative estimate of drug-likeness (QED) is 0.844. The summed E-state index contributed by atoms with van der Waals surface area (Å²) in [4.78, 5) is 13.9. The van der Waals surface area contributed by atoms with Gasteiger partial charge in [-0.15, -0.1) is 0 Å². The van der Waals surface area contributed by atoms with Crippen LogP contribution in [0.2, 0.25) is 0 Å². The minimum atomic E-state index is 0.294. The molecule has 1 N–H and O–H groups in total. The fourth-order valence-corrected chi connectivity index (χ4v) is 2.60. The number of likely N-dealkylation sites (tertiary alicyclic amines) is 1. The average Bonchev–Trinajstić information content (AvgIpc) is 2.46. The molecule has 0 radical (unpaired) electrons. The average molecular weight is 325 g/mol. The summed E-state index contributed by atoms with van der Waals surface area (Å²) in [6, 6.07) is 8.25. The summed E-state index contributed by atoms with van der Waals surface area (Å²) in [5.74, 6) is 0.294. The van der Waals surface area contributed by atoms with Gasteiger partial charge in [0.25, 0.3) is 0 Å². The van der Waals surface area contributed by atoms with Crippen LogP contribution in [-0.4, -0.2) is 30.4 Å². The van der Waals surface area contributed by atoms with Crippen LogP contribution in [0.25, 0.3) is 0 Å². The summed E-state index contributed by atoms with van der Waals surface area (Å²) in [6.07, 6.45) is 4.21. The van der Waals surface area contributed by atoms with Gasteiger partial charge < -0.3 is 10.2 Å². The van der Waals surface area contributed by atoms with Gasteiger partial charge in [0.15, 0.2) is 0 Å². The van der Waals surface area contributed by atoms with Gasteiger partial charge >= 0.3 is 0 Å². The highest BCUT2D eigenvalue weighted by Crippen LogP contribution is 2.11. The number of piperidine rings is 1. The SMILES string of the molecule is O=C(CCNCc1ccc(Br)cc1)N1CCCCC1. The van der Waals surface area contributed by atoms with Crippen LogP contribution in [0.3, 0.4) is 0 Å². The second-order valence-electron chi connectivity index (χ2n) is 4.99. The fourth-order valence-electron chi connectivity index (χ4n) is 2.33. The maximum atomic E-state index is 11.9. The van der Waals surface area contributed by atoms with Crippen molar-refractivity contribution in [2.75, 3.05) is 19.6 Å². The number of nitrogens with one attached hydrogen (secondary N) is 1. The highest BCUT2D eigenvalue weighted by molar-refractivity contribution is 9.10. The fraction of sp³-hybridized carbons (Fsp3) is 0.533. The number of rotatable bonds is 5. The second-order valence-corrected chi connectivity index (χ2v) is 5.91. The lowest BCUT2D eigenvalue weighted by Gasteiger charge is -2.26. The molecule has 1 aromatic carbocycles. The first-order valence-corrected chi connectivity index (χ1v) is 7.78. The van der Waals surface area contributed by atoms with E-state index in [2.05, 4.69) is 33.4 Å². The molecule has 0 atom stereocenters. The lowest BCUT2D eigenvalue weighted by atomic mass is 10.1. The molecule has 0 bridgehead atoms. The van der Waals surface area contributed by atoms with Crippen molar-refractivity contribution in [2.24, 2.45) is 0 Å². The van der Waals surface area contributed by atoms with Crippen LogP contribution in [0.5, 0.6) is 0 Å². The van der Waals surface area contributed by atoms with Gasteiger partial charge in [0, 0.05) is 37.1 Å². The number of benzene rings is 1. The summed E-state index contributed by atoms with van der Waals surface area (Å²) in [5, 5.41) is 3.33. The third kappa shape index (κ3) is 4.96. The second kappa shape index (κ2) is 7.65. The highest BCUT2D eigenvalue weighted by Gasteiger charge is 2.15. The number of hydrogen-bond acceptors (Lipinski definition) is 2. The molecule has 1 saturated heterocycles.